The number of aromatic hydroxyl groups is 1. The van der Waals surface area contributed by atoms with E-state index in [1.807, 2.05) is 6.07 Å². The van der Waals surface area contributed by atoms with Crippen LogP contribution in [0.25, 0.3) is 0 Å². The lowest BCUT2D eigenvalue weighted by atomic mass is 9.87. The van der Waals surface area contributed by atoms with Gasteiger partial charge in [0.05, 0.1) is 7.11 Å². The molecule has 1 rings (SSSR count). The SMILES string of the molecule is CCCCCC(C)(C)CNCc1cc(OC)ccc1O. The Bertz CT molecular complexity index is 402. The molecule has 1 aromatic rings. The van der Waals surface area contributed by atoms with Crippen LogP contribution < -0.4 is 10.1 Å². The van der Waals surface area contributed by atoms with Crippen molar-refractivity contribution in [2.24, 2.45) is 5.41 Å². The first-order valence-corrected chi connectivity index (χ1v) is 7.55. The number of phenolic OH excluding ortho intramolecular Hbond substituents is 1. The van der Waals surface area contributed by atoms with Crippen LogP contribution in [0, 0.1) is 5.41 Å². The van der Waals surface area contributed by atoms with Gasteiger partial charge in [-0.3, -0.25) is 0 Å². The largest absolute Gasteiger partial charge is 0.508 e. The van der Waals surface area contributed by atoms with Gasteiger partial charge in [-0.1, -0.05) is 40.0 Å². The molecular formula is C17H29NO2. The van der Waals surface area contributed by atoms with Crippen LogP contribution in [-0.4, -0.2) is 18.8 Å². The van der Waals surface area contributed by atoms with Crippen LogP contribution in [-0.2, 0) is 6.54 Å². The third-order valence-corrected chi connectivity index (χ3v) is 3.66. The second-order valence-electron chi connectivity index (χ2n) is 6.22. The molecule has 0 aliphatic carbocycles. The van der Waals surface area contributed by atoms with Gasteiger partial charge in [0.1, 0.15) is 11.5 Å². The predicted octanol–water partition coefficient (Wildman–Crippen LogP) is 4.10. The quantitative estimate of drug-likeness (QED) is 0.669. The molecule has 0 saturated carbocycles. The van der Waals surface area contributed by atoms with Crippen molar-refractivity contribution in [3.8, 4) is 11.5 Å². The molecule has 3 heteroatoms. The minimum Gasteiger partial charge on any atom is -0.508 e. The fraction of sp³-hybridized carbons (Fsp3) is 0.647. The Morgan fingerprint density at radius 3 is 2.65 bits per heavy atom. The van der Waals surface area contributed by atoms with Crippen molar-refractivity contribution in [1.82, 2.24) is 5.32 Å². The minimum absolute atomic E-state index is 0.295. The highest BCUT2D eigenvalue weighted by Crippen LogP contribution is 2.25. The Morgan fingerprint density at radius 1 is 1.25 bits per heavy atom. The number of hydrogen-bond donors (Lipinski definition) is 2. The zero-order valence-electron chi connectivity index (χ0n) is 13.3. The molecule has 114 valence electrons. The highest BCUT2D eigenvalue weighted by Gasteiger charge is 2.16. The maximum atomic E-state index is 9.84. The predicted molar refractivity (Wildman–Crippen MR) is 84.3 cm³/mol. The molecule has 0 atom stereocenters. The molecule has 0 bridgehead atoms. The lowest BCUT2D eigenvalue weighted by molar-refractivity contribution is 0.301. The number of unbranched alkanes of at least 4 members (excludes halogenated alkanes) is 2. The van der Waals surface area contributed by atoms with Crippen molar-refractivity contribution in [3.63, 3.8) is 0 Å². The number of nitrogens with one attached hydrogen (secondary N) is 1. The van der Waals surface area contributed by atoms with Crippen LogP contribution in [0.2, 0.25) is 0 Å². The Kier molecular flexibility index (Phi) is 6.86. The zero-order chi connectivity index (χ0) is 15.0. The third kappa shape index (κ3) is 5.83. The van der Waals surface area contributed by atoms with Crippen LogP contribution >= 0.6 is 0 Å². The summed E-state index contributed by atoms with van der Waals surface area (Å²) in [7, 11) is 1.64. The first-order chi connectivity index (χ1) is 9.48. The van der Waals surface area contributed by atoms with Gasteiger partial charge in [-0.2, -0.15) is 0 Å². The van der Waals surface area contributed by atoms with E-state index in [0.717, 1.165) is 17.9 Å². The highest BCUT2D eigenvalue weighted by molar-refractivity contribution is 5.39. The van der Waals surface area contributed by atoms with Crippen molar-refractivity contribution in [1.29, 1.82) is 0 Å². The summed E-state index contributed by atoms with van der Waals surface area (Å²) in [6.07, 6.45) is 5.09. The van der Waals surface area contributed by atoms with E-state index in [2.05, 4.69) is 26.1 Å². The van der Waals surface area contributed by atoms with Crippen LogP contribution in [0.5, 0.6) is 11.5 Å². The zero-order valence-corrected chi connectivity index (χ0v) is 13.3. The number of hydrogen-bond acceptors (Lipinski definition) is 3. The van der Waals surface area contributed by atoms with Crippen LogP contribution in [0.4, 0.5) is 0 Å². The maximum Gasteiger partial charge on any atom is 0.120 e. The van der Waals surface area contributed by atoms with E-state index in [-0.39, 0.29) is 0 Å². The molecular weight excluding hydrogens is 250 g/mol. The van der Waals surface area contributed by atoms with Gasteiger partial charge >= 0.3 is 0 Å². The molecule has 1 aromatic carbocycles. The Morgan fingerprint density at radius 2 is 2.00 bits per heavy atom. The molecule has 20 heavy (non-hydrogen) atoms. The Hall–Kier alpha value is -1.22. The molecule has 0 heterocycles. The van der Waals surface area contributed by atoms with Gasteiger partial charge in [-0.15, -0.1) is 0 Å². The van der Waals surface area contributed by atoms with Crippen LogP contribution in [0.1, 0.15) is 52.0 Å². The third-order valence-electron chi connectivity index (χ3n) is 3.66. The molecule has 0 aliphatic rings. The fourth-order valence-electron chi connectivity index (χ4n) is 2.31. The number of ether oxygens (including phenoxy) is 1. The molecule has 3 nitrogen and oxygen atoms in total. The van der Waals surface area contributed by atoms with E-state index >= 15 is 0 Å². The monoisotopic (exact) mass is 279 g/mol. The topological polar surface area (TPSA) is 41.5 Å². The fourth-order valence-corrected chi connectivity index (χ4v) is 2.31. The molecule has 0 aliphatic heterocycles. The molecule has 0 saturated heterocycles. The van der Waals surface area contributed by atoms with E-state index < -0.39 is 0 Å². The lowest BCUT2D eigenvalue weighted by Gasteiger charge is -2.25. The number of phenols is 1. The smallest absolute Gasteiger partial charge is 0.120 e. The summed E-state index contributed by atoms with van der Waals surface area (Å²) in [6.45, 7) is 8.44. The Labute approximate surface area is 123 Å². The van der Waals surface area contributed by atoms with E-state index in [1.165, 1.54) is 25.7 Å². The summed E-state index contributed by atoms with van der Waals surface area (Å²) < 4.78 is 5.18. The number of benzene rings is 1. The van der Waals surface area contributed by atoms with Crippen LogP contribution in [0.15, 0.2) is 18.2 Å². The van der Waals surface area contributed by atoms with Crippen molar-refractivity contribution in [2.75, 3.05) is 13.7 Å². The Balaban J connectivity index is 2.43. The van der Waals surface area contributed by atoms with Gasteiger partial charge in [0, 0.05) is 18.7 Å². The summed E-state index contributed by atoms with van der Waals surface area (Å²) in [4.78, 5) is 0. The number of methoxy groups -OCH3 is 1. The van der Waals surface area contributed by atoms with E-state index in [0.29, 0.717) is 17.7 Å². The van der Waals surface area contributed by atoms with E-state index in [4.69, 9.17) is 4.74 Å². The van der Waals surface area contributed by atoms with E-state index in [1.54, 1.807) is 19.2 Å². The minimum atomic E-state index is 0.295. The summed E-state index contributed by atoms with van der Waals surface area (Å²) in [6, 6.07) is 5.34. The average Bonchev–Trinajstić information content (AvgIpc) is 2.41. The molecule has 0 fully saturated rings. The molecule has 0 radical (unpaired) electrons. The summed E-state index contributed by atoms with van der Waals surface area (Å²) in [5, 5.41) is 13.3. The van der Waals surface area contributed by atoms with Gasteiger partial charge in [0.15, 0.2) is 0 Å². The second kappa shape index (κ2) is 8.15. The number of rotatable bonds is 9. The molecule has 0 unspecified atom stereocenters. The van der Waals surface area contributed by atoms with Gasteiger partial charge in [0.25, 0.3) is 0 Å². The first kappa shape index (κ1) is 16.8. The van der Waals surface area contributed by atoms with Gasteiger partial charge < -0.3 is 15.2 Å². The molecule has 0 aromatic heterocycles. The molecule has 2 N–H and O–H groups in total. The summed E-state index contributed by atoms with van der Waals surface area (Å²) in [5.74, 6) is 1.10. The second-order valence-corrected chi connectivity index (χ2v) is 6.22. The standard InChI is InChI=1S/C17H29NO2/c1-5-6-7-10-17(2,3)13-18-12-14-11-15(20-4)8-9-16(14)19/h8-9,11,18-19H,5-7,10,12-13H2,1-4H3. The van der Waals surface area contributed by atoms with Gasteiger partial charge in [0.2, 0.25) is 0 Å². The molecule has 0 amide bonds. The van der Waals surface area contributed by atoms with Crippen molar-refractivity contribution >= 4 is 0 Å². The van der Waals surface area contributed by atoms with E-state index in [9.17, 15) is 5.11 Å². The van der Waals surface area contributed by atoms with Gasteiger partial charge in [-0.05, 0) is 30.0 Å². The summed E-state index contributed by atoms with van der Waals surface area (Å²) in [5.41, 5.74) is 1.18. The first-order valence-electron chi connectivity index (χ1n) is 7.55. The molecule has 0 spiro atoms. The van der Waals surface area contributed by atoms with Crippen molar-refractivity contribution < 1.29 is 9.84 Å². The van der Waals surface area contributed by atoms with Crippen molar-refractivity contribution in [2.45, 2.75) is 53.0 Å². The lowest BCUT2D eigenvalue weighted by Crippen LogP contribution is -2.29. The van der Waals surface area contributed by atoms with Gasteiger partial charge in [-0.25, -0.2) is 0 Å². The van der Waals surface area contributed by atoms with Crippen molar-refractivity contribution in [3.05, 3.63) is 23.8 Å². The van der Waals surface area contributed by atoms with Crippen LogP contribution in [0.3, 0.4) is 0 Å². The average molecular weight is 279 g/mol. The summed E-state index contributed by atoms with van der Waals surface area (Å²) >= 11 is 0. The maximum absolute atomic E-state index is 9.84. The highest BCUT2D eigenvalue weighted by atomic mass is 16.5. The normalized spacial score (nSPS) is 11.6.